The Bertz CT molecular complexity index is 1620. The van der Waals surface area contributed by atoms with Gasteiger partial charge in [-0.25, -0.2) is 15.0 Å². The number of aromatic hydroxyl groups is 1. The molecule has 0 unspecified atom stereocenters. The van der Waals surface area contributed by atoms with Gasteiger partial charge in [-0.1, -0.05) is 30.7 Å². The number of benzene rings is 2. The minimum Gasteiger partial charge on any atom is -0.508 e. The van der Waals surface area contributed by atoms with Gasteiger partial charge in [0, 0.05) is 66.8 Å². The predicted octanol–water partition coefficient (Wildman–Crippen LogP) is 8.46. The van der Waals surface area contributed by atoms with Crippen LogP contribution in [-0.4, -0.2) is 74.5 Å². The summed E-state index contributed by atoms with van der Waals surface area (Å²) < 4.78 is 6.78. The number of hydrogen-bond donors (Lipinski definition) is 3. The third-order valence-electron chi connectivity index (χ3n) is 5.92. The molecule has 3 N–H and O–H groups in total. The average Bonchev–Trinajstić information content (AvgIpc) is 3.05. The Morgan fingerprint density at radius 3 is 1.76 bits per heavy atom. The summed E-state index contributed by atoms with van der Waals surface area (Å²) in [4.78, 5) is 40.0. The molecule has 2 aromatic carbocycles. The second-order valence-electron chi connectivity index (χ2n) is 9.93. The fourth-order valence-electron chi connectivity index (χ4n) is 3.80. The minimum atomic E-state index is -0.194. The number of halogens is 5. The van der Waals surface area contributed by atoms with E-state index in [0.29, 0.717) is 43.1 Å². The quantitative estimate of drug-likeness (QED) is 0.0946. The number of phenolic OH excluding ortho intramolecular Hbond substituents is 1. The molecule has 1 radical (unpaired) electrons. The third kappa shape index (κ3) is 17.8. The van der Waals surface area contributed by atoms with E-state index in [0.717, 1.165) is 6.54 Å². The van der Waals surface area contributed by atoms with Gasteiger partial charge in [0.25, 0.3) is 11.8 Å². The average molecular weight is 914 g/mol. The van der Waals surface area contributed by atoms with Gasteiger partial charge >= 0.3 is 0 Å². The molecule has 0 bridgehead atoms. The van der Waals surface area contributed by atoms with E-state index in [2.05, 4.69) is 102 Å². The van der Waals surface area contributed by atoms with Crippen molar-refractivity contribution in [3.63, 3.8) is 0 Å². The summed E-state index contributed by atoms with van der Waals surface area (Å²) in [6.07, 6.45) is 2.99. The summed E-state index contributed by atoms with van der Waals surface area (Å²) in [5.74, 6) is 0.489. The number of phenols is 1. The van der Waals surface area contributed by atoms with Crippen LogP contribution in [0.4, 0.5) is 0 Å². The number of nitrogens with zero attached hydrogens (tertiary/aromatic N) is 5. The Labute approximate surface area is 329 Å². The molecule has 4 rings (SSSR count). The van der Waals surface area contributed by atoms with E-state index in [9.17, 15) is 9.59 Å². The zero-order chi connectivity index (χ0) is 36.4. The van der Waals surface area contributed by atoms with Crippen molar-refractivity contribution in [2.24, 2.45) is 0 Å². The molecule has 0 aliphatic heterocycles. The summed E-state index contributed by atoms with van der Waals surface area (Å²) in [7, 11) is 3.11. The predicted molar refractivity (Wildman–Crippen MR) is 199 cm³/mol. The summed E-state index contributed by atoms with van der Waals surface area (Å²) in [6.45, 7) is 12.3. The second-order valence-corrected chi connectivity index (χ2v) is 12.7. The van der Waals surface area contributed by atoms with E-state index < -0.39 is 0 Å². The standard InChI is InChI=1S/C12H9BrClN3O2.C8H9NO2.C8H19N.C4HBrCl2N2.Cu/c1-15-10(18)7-3-2-4-8(5-7)19-11-9(13)6-16-12(14)17-11;1-9-8(11)6-3-2-4-7(10)5-6;1-6-9(7(2)3)8(4)5;5-2-1-8-4(7)9-3(2)6;/h2-6H,1H3,(H,15,18);2-5,10H,1H3,(H,9,11);7-8H,6H2,1-5H3;1H;. The number of carbonyl (C=O) groups is 2. The largest absolute Gasteiger partial charge is 0.508 e. The Morgan fingerprint density at radius 1 is 0.837 bits per heavy atom. The van der Waals surface area contributed by atoms with Gasteiger partial charge in [0.1, 0.15) is 16.7 Å². The van der Waals surface area contributed by atoms with Crippen LogP contribution in [0.1, 0.15) is 55.3 Å². The van der Waals surface area contributed by atoms with Gasteiger partial charge in [-0.3, -0.25) is 14.5 Å². The molecule has 11 nitrogen and oxygen atoms in total. The molecule has 17 heteroatoms. The van der Waals surface area contributed by atoms with E-state index in [1.165, 1.54) is 24.5 Å². The van der Waals surface area contributed by atoms with E-state index >= 15 is 0 Å². The monoisotopic (exact) mass is 910 g/mol. The molecule has 0 spiro atoms. The fraction of sp³-hybridized carbons (Fsp3) is 0.312. The maximum absolute atomic E-state index is 11.5. The number of carbonyl (C=O) groups excluding carboxylic acids is 2. The number of rotatable bonds is 7. The molecular formula is C32H38Br2Cl3CuN7O4. The van der Waals surface area contributed by atoms with Crippen LogP contribution >= 0.6 is 66.7 Å². The first-order chi connectivity index (χ1) is 22.6. The van der Waals surface area contributed by atoms with Crippen molar-refractivity contribution in [1.82, 2.24) is 35.5 Å². The van der Waals surface area contributed by atoms with Crippen molar-refractivity contribution >= 4 is 78.5 Å². The molecule has 0 fully saturated rings. The van der Waals surface area contributed by atoms with Crippen LogP contribution in [0, 0.1) is 0 Å². The van der Waals surface area contributed by atoms with Gasteiger partial charge < -0.3 is 20.5 Å². The minimum absolute atomic E-state index is 0. The van der Waals surface area contributed by atoms with Crippen LogP contribution in [0.2, 0.25) is 15.7 Å². The molecule has 0 aliphatic rings. The molecule has 0 saturated heterocycles. The van der Waals surface area contributed by atoms with Crippen LogP contribution < -0.4 is 15.4 Å². The number of amides is 2. The maximum atomic E-state index is 11.5. The van der Waals surface area contributed by atoms with E-state index in [1.807, 2.05) is 0 Å². The Morgan fingerprint density at radius 2 is 1.33 bits per heavy atom. The van der Waals surface area contributed by atoms with Crippen LogP contribution in [0.3, 0.4) is 0 Å². The molecule has 4 aromatic rings. The molecule has 49 heavy (non-hydrogen) atoms. The number of hydrogen-bond acceptors (Lipinski definition) is 9. The third-order valence-corrected chi connectivity index (χ3v) is 7.92. The Hall–Kier alpha value is -2.55. The van der Waals surface area contributed by atoms with E-state index in [1.54, 1.807) is 50.5 Å². The fourth-order valence-corrected chi connectivity index (χ4v) is 4.70. The first kappa shape index (κ1) is 46.4. The van der Waals surface area contributed by atoms with Crippen LogP contribution in [0.15, 0.2) is 69.9 Å². The van der Waals surface area contributed by atoms with Crippen molar-refractivity contribution in [1.29, 1.82) is 0 Å². The number of nitrogens with one attached hydrogen (secondary N) is 2. The SMILES string of the molecule is CCN(C(C)C)C(C)C.CNC(=O)c1cccc(O)c1.CNC(=O)c1cccc(Oc2nc(Cl)ncc2Br)c1.Clc1ncc(Br)c(Cl)n1.[Cu]. The number of ether oxygens (including phenoxy) is 1. The summed E-state index contributed by atoms with van der Waals surface area (Å²) in [5.41, 5.74) is 0.962. The van der Waals surface area contributed by atoms with Crippen LogP contribution in [-0.2, 0) is 17.1 Å². The van der Waals surface area contributed by atoms with Gasteiger partial charge in [0.05, 0.1) is 8.95 Å². The molecular weight excluding hydrogens is 876 g/mol. The molecule has 0 saturated carbocycles. The van der Waals surface area contributed by atoms with Gasteiger partial charge in [-0.15, -0.1) is 0 Å². The molecule has 271 valence electrons. The summed E-state index contributed by atoms with van der Waals surface area (Å²) in [5, 5.41) is 14.5. The van der Waals surface area contributed by atoms with Gasteiger partial charge in [0.15, 0.2) is 0 Å². The first-order valence-electron chi connectivity index (χ1n) is 14.4. The maximum Gasteiger partial charge on any atom is 0.251 e. The van der Waals surface area contributed by atoms with E-state index in [-0.39, 0.29) is 51.1 Å². The number of aromatic nitrogens is 4. The molecule has 0 atom stereocenters. The normalized spacial score (nSPS) is 9.94. The topological polar surface area (TPSA) is 142 Å². The summed E-state index contributed by atoms with van der Waals surface area (Å²) in [6, 6.07) is 14.3. The van der Waals surface area contributed by atoms with Crippen molar-refractivity contribution in [2.75, 3.05) is 20.6 Å². The van der Waals surface area contributed by atoms with Gasteiger partial charge in [-0.2, -0.15) is 4.98 Å². The zero-order valence-electron chi connectivity index (χ0n) is 27.7. The summed E-state index contributed by atoms with van der Waals surface area (Å²) >= 11 is 23.0. The van der Waals surface area contributed by atoms with Gasteiger partial charge in [-0.05, 0) is 126 Å². The van der Waals surface area contributed by atoms with Crippen molar-refractivity contribution in [2.45, 2.75) is 46.7 Å². The van der Waals surface area contributed by atoms with Crippen molar-refractivity contribution in [3.05, 3.63) is 96.7 Å². The zero-order valence-corrected chi connectivity index (χ0v) is 34.1. The molecule has 2 aromatic heterocycles. The smallest absolute Gasteiger partial charge is 0.251 e. The second kappa shape index (κ2) is 24.6. The van der Waals surface area contributed by atoms with Crippen molar-refractivity contribution in [3.8, 4) is 17.4 Å². The molecule has 2 heterocycles. The van der Waals surface area contributed by atoms with Crippen LogP contribution in [0.25, 0.3) is 0 Å². The van der Waals surface area contributed by atoms with E-state index in [4.69, 9.17) is 44.6 Å². The van der Waals surface area contributed by atoms with Crippen LogP contribution in [0.5, 0.6) is 17.4 Å². The first-order valence-corrected chi connectivity index (χ1v) is 17.1. The van der Waals surface area contributed by atoms with Gasteiger partial charge in [0.2, 0.25) is 16.4 Å². The molecule has 2 amide bonds. The van der Waals surface area contributed by atoms with Crippen molar-refractivity contribution < 1.29 is 36.5 Å². The molecule has 0 aliphatic carbocycles. The Kier molecular flexibility index (Phi) is 23.3. The Balaban J connectivity index is 0.000000663.